The predicted octanol–water partition coefficient (Wildman–Crippen LogP) is 3.44. The van der Waals surface area contributed by atoms with Gasteiger partial charge in [0, 0.05) is 40.4 Å². The van der Waals surface area contributed by atoms with E-state index in [9.17, 15) is 0 Å². The molecule has 22 heavy (non-hydrogen) atoms. The zero-order valence-corrected chi connectivity index (χ0v) is 16.6. The number of hydrogen-bond acceptors (Lipinski definition) is 2. The van der Waals surface area contributed by atoms with E-state index in [2.05, 4.69) is 53.4 Å². The van der Waals surface area contributed by atoms with Crippen LogP contribution in [0.4, 0.5) is 0 Å². The minimum Gasteiger partial charge on any atom is -0.382 e. The highest BCUT2D eigenvalue weighted by molar-refractivity contribution is 14.0. The Bertz CT molecular complexity index is 420. The Hall–Kier alpha value is -0.820. The number of unbranched alkanes of at least 4 members (excludes halogenated alkanes) is 1. The first-order valence-corrected chi connectivity index (χ1v) is 7.72. The van der Waals surface area contributed by atoms with Crippen LogP contribution in [0, 0.1) is 6.92 Å². The average molecular weight is 419 g/mol. The lowest BCUT2D eigenvalue weighted by molar-refractivity contribution is 0.143. The van der Waals surface area contributed by atoms with Gasteiger partial charge in [-0.3, -0.25) is 4.99 Å². The molecule has 1 N–H and O–H groups in total. The van der Waals surface area contributed by atoms with Crippen molar-refractivity contribution >= 4 is 29.9 Å². The van der Waals surface area contributed by atoms with Crippen LogP contribution in [0.5, 0.6) is 0 Å². The predicted molar refractivity (Wildman–Crippen MR) is 105 cm³/mol. The first kappa shape index (κ1) is 21.2. The van der Waals surface area contributed by atoms with E-state index in [-0.39, 0.29) is 24.0 Å². The Morgan fingerprint density at radius 2 is 1.91 bits per heavy atom. The molecule has 0 amide bonds. The van der Waals surface area contributed by atoms with E-state index < -0.39 is 0 Å². The van der Waals surface area contributed by atoms with Crippen molar-refractivity contribution in [2.75, 3.05) is 33.9 Å². The van der Waals surface area contributed by atoms with Gasteiger partial charge in [-0.2, -0.15) is 0 Å². The molecule has 0 heterocycles. The van der Waals surface area contributed by atoms with Gasteiger partial charge in [0.2, 0.25) is 0 Å². The fourth-order valence-electron chi connectivity index (χ4n) is 2.10. The third kappa shape index (κ3) is 8.58. The molecule has 126 valence electrons. The quantitative estimate of drug-likeness (QED) is 0.304. The first-order chi connectivity index (χ1) is 10.2. The Morgan fingerprint density at radius 3 is 2.50 bits per heavy atom. The van der Waals surface area contributed by atoms with Crippen LogP contribution in [0.3, 0.4) is 0 Å². The van der Waals surface area contributed by atoms with Crippen molar-refractivity contribution in [3.8, 4) is 0 Å². The molecule has 1 aromatic rings. The van der Waals surface area contributed by atoms with Crippen molar-refractivity contribution in [3.05, 3.63) is 35.4 Å². The van der Waals surface area contributed by atoms with Crippen molar-refractivity contribution in [2.24, 2.45) is 4.99 Å². The van der Waals surface area contributed by atoms with Gasteiger partial charge in [-0.1, -0.05) is 29.8 Å². The van der Waals surface area contributed by atoms with E-state index in [4.69, 9.17) is 4.74 Å². The molecule has 0 saturated heterocycles. The Morgan fingerprint density at radius 1 is 1.23 bits per heavy atom. The summed E-state index contributed by atoms with van der Waals surface area (Å²) in [5, 5.41) is 3.40. The topological polar surface area (TPSA) is 36.9 Å². The summed E-state index contributed by atoms with van der Waals surface area (Å²) in [6.45, 7) is 7.57. The number of nitrogens with one attached hydrogen (secondary N) is 1. The molecule has 0 radical (unpaired) electrons. The van der Waals surface area contributed by atoms with Crippen LogP contribution in [0.2, 0.25) is 0 Å². The summed E-state index contributed by atoms with van der Waals surface area (Å²) in [6, 6.07) is 8.63. The Kier molecular flexibility index (Phi) is 12.2. The van der Waals surface area contributed by atoms with Gasteiger partial charge in [-0.05, 0) is 32.3 Å². The van der Waals surface area contributed by atoms with Gasteiger partial charge < -0.3 is 15.0 Å². The standard InChI is InChI=1S/C17H29N3O.HI/c1-5-21-13-7-6-12-19-17(18-3)20(4)14-16-10-8-15(2)9-11-16;/h8-11H,5-7,12-14H2,1-4H3,(H,18,19);1H. The van der Waals surface area contributed by atoms with E-state index >= 15 is 0 Å². The molecular formula is C17H30IN3O. The number of aryl methyl sites for hydroxylation is 1. The lowest BCUT2D eigenvalue weighted by Gasteiger charge is -2.22. The largest absolute Gasteiger partial charge is 0.382 e. The highest BCUT2D eigenvalue weighted by atomic mass is 127. The van der Waals surface area contributed by atoms with Crippen LogP contribution in [0.25, 0.3) is 0 Å². The summed E-state index contributed by atoms with van der Waals surface area (Å²) in [6.07, 6.45) is 2.18. The summed E-state index contributed by atoms with van der Waals surface area (Å²) in [5.41, 5.74) is 2.58. The SMILES string of the molecule is CCOCCCCNC(=NC)N(C)Cc1ccc(C)cc1.I. The number of aliphatic imine (C=N–C) groups is 1. The van der Waals surface area contributed by atoms with E-state index in [0.717, 1.165) is 45.1 Å². The molecule has 0 saturated carbocycles. The minimum atomic E-state index is 0. The lowest BCUT2D eigenvalue weighted by Crippen LogP contribution is -2.38. The fraction of sp³-hybridized carbons (Fsp3) is 0.588. The van der Waals surface area contributed by atoms with Crippen LogP contribution in [0.1, 0.15) is 30.9 Å². The first-order valence-electron chi connectivity index (χ1n) is 7.72. The fourth-order valence-corrected chi connectivity index (χ4v) is 2.10. The number of benzene rings is 1. The van der Waals surface area contributed by atoms with Crippen LogP contribution in [-0.2, 0) is 11.3 Å². The van der Waals surface area contributed by atoms with E-state index in [1.807, 2.05) is 14.0 Å². The molecule has 0 aromatic heterocycles. The third-order valence-electron chi connectivity index (χ3n) is 3.32. The van der Waals surface area contributed by atoms with Crippen LogP contribution in [-0.4, -0.2) is 44.7 Å². The zero-order valence-electron chi connectivity index (χ0n) is 14.3. The van der Waals surface area contributed by atoms with Gasteiger partial charge in [0.05, 0.1) is 0 Å². The van der Waals surface area contributed by atoms with Crippen molar-refractivity contribution in [3.63, 3.8) is 0 Å². The summed E-state index contributed by atoms with van der Waals surface area (Å²) in [7, 11) is 3.89. The maximum atomic E-state index is 5.33. The second kappa shape index (κ2) is 12.7. The number of guanidine groups is 1. The van der Waals surface area contributed by atoms with Crippen LogP contribution >= 0.6 is 24.0 Å². The highest BCUT2D eigenvalue weighted by Crippen LogP contribution is 2.06. The molecule has 0 unspecified atom stereocenters. The molecule has 0 aliphatic rings. The van der Waals surface area contributed by atoms with Crippen molar-refractivity contribution in [1.82, 2.24) is 10.2 Å². The van der Waals surface area contributed by atoms with Crippen molar-refractivity contribution < 1.29 is 4.74 Å². The molecule has 0 aliphatic heterocycles. The number of rotatable bonds is 8. The van der Waals surface area contributed by atoms with E-state index in [1.54, 1.807) is 0 Å². The molecule has 5 heteroatoms. The smallest absolute Gasteiger partial charge is 0.193 e. The molecule has 0 spiro atoms. The summed E-state index contributed by atoms with van der Waals surface area (Å²) in [4.78, 5) is 6.48. The average Bonchev–Trinajstić information content (AvgIpc) is 2.49. The Balaban J connectivity index is 0.00000441. The summed E-state index contributed by atoms with van der Waals surface area (Å²) in [5.74, 6) is 0.937. The van der Waals surface area contributed by atoms with Gasteiger partial charge in [-0.25, -0.2) is 0 Å². The highest BCUT2D eigenvalue weighted by Gasteiger charge is 2.05. The van der Waals surface area contributed by atoms with Gasteiger partial charge in [0.1, 0.15) is 0 Å². The molecule has 0 atom stereocenters. The normalized spacial score (nSPS) is 11.0. The maximum Gasteiger partial charge on any atom is 0.193 e. The molecule has 1 aromatic carbocycles. The maximum absolute atomic E-state index is 5.33. The van der Waals surface area contributed by atoms with Gasteiger partial charge >= 0.3 is 0 Å². The summed E-state index contributed by atoms with van der Waals surface area (Å²) >= 11 is 0. The van der Waals surface area contributed by atoms with Gasteiger partial charge in [0.15, 0.2) is 5.96 Å². The van der Waals surface area contributed by atoms with Crippen LogP contribution in [0.15, 0.2) is 29.3 Å². The minimum absolute atomic E-state index is 0. The van der Waals surface area contributed by atoms with Crippen LogP contribution < -0.4 is 5.32 Å². The van der Waals surface area contributed by atoms with Gasteiger partial charge in [0.25, 0.3) is 0 Å². The number of halogens is 1. The third-order valence-corrected chi connectivity index (χ3v) is 3.32. The molecule has 0 fully saturated rings. The lowest BCUT2D eigenvalue weighted by atomic mass is 10.1. The Labute approximate surface area is 152 Å². The van der Waals surface area contributed by atoms with E-state index in [1.165, 1.54) is 11.1 Å². The second-order valence-electron chi connectivity index (χ2n) is 5.22. The zero-order chi connectivity index (χ0) is 15.5. The van der Waals surface area contributed by atoms with E-state index in [0.29, 0.717) is 0 Å². The second-order valence-corrected chi connectivity index (χ2v) is 5.22. The molecule has 1 rings (SSSR count). The molecule has 4 nitrogen and oxygen atoms in total. The molecule has 0 aliphatic carbocycles. The van der Waals surface area contributed by atoms with Crippen molar-refractivity contribution in [2.45, 2.75) is 33.2 Å². The molecule has 0 bridgehead atoms. The number of ether oxygens (including phenoxy) is 1. The summed E-state index contributed by atoms with van der Waals surface area (Å²) < 4.78 is 5.33. The van der Waals surface area contributed by atoms with Crippen molar-refractivity contribution in [1.29, 1.82) is 0 Å². The number of nitrogens with zero attached hydrogens (tertiary/aromatic N) is 2. The number of hydrogen-bond donors (Lipinski definition) is 1. The van der Waals surface area contributed by atoms with Gasteiger partial charge in [-0.15, -0.1) is 24.0 Å². The monoisotopic (exact) mass is 419 g/mol. The molecular weight excluding hydrogens is 389 g/mol.